The Hall–Kier alpha value is -1.11. The smallest absolute Gasteiger partial charge is 0.195 e. The van der Waals surface area contributed by atoms with Gasteiger partial charge in [0.2, 0.25) is 0 Å². The van der Waals surface area contributed by atoms with Crippen molar-refractivity contribution in [2.45, 2.75) is 6.42 Å². The second-order valence-electron chi connectivity index (χ2n) is 4.77. The molecule has 0 amide bonds. The summed E-state index contributed by atoms with van der Waals surface area (Å²) in [4.78, 5) is 10.6. The molecule has 0 saturated carbocycles. The molecule has 2 aromatic heterocycles. The van der Waals surface area contributed by atoms with E-state index in [0.29, 0.717) is 6.54 Å². The second kappa shape index (κ2) is 4.87. The highest BCUT2D eigenvalue weighted by Crippen LogP contribution is 2.25. The van der Waals surface area contributed by atoms with E-state index in [-0.39, 0.29) is 0 Å². The van der Waals surface area contributed by atoms with E-state index in [2.05, 4.69) is 32.8 Å². The Balaban J connectivity index is 1.94. The summed E-state index contributed by atoms with van der Waals surface area (Å²) in [5.74, 6) is 1.14. The predicted octanol–water partition coefficient (Wildman–Crippen LogP) is 0.649. The molecule has 98 valence electrons. The number of likely N-dealkylation sites (N-methyl/N-ethyl adjacent to an activating group) is 1. The van der Waals surface area contributed by atoms with Crippen LogP contribution in [0, 0.1) is 0 Å². The number of nitrogens with two attached hydrogens (primary N) is 1. The third-order valence-corrected chi connectivity index (χ3v) is 4.28. The van der Waals surface area contributed by atoms with Crippen molar-refractivity contribution >= 4 is 22.1 Å². The molecule has 1 fully saturated rings. The van der Waals surface area contributed by atoms with Crippen molar-refractivity contribution in [2.24, 2.45) is 5.73 Å². The van der Waals surface area contributed by atoms with Gasteiger partial charge in [-0.15, -0.1) is 11.3 Å². The minimum absolute atomic E-state index is 0.671. The summed E-state index contributed by atoms with van der Waals surface area (Å²) in [6.07, 6.45) is 2.98. The van der Waals surface area contributed by atoms with Gasteiger partial charge in [0.25, 0.3) is 0 Å². The molecule has 2 aromatic rings. The maximum absolute atomic E-state index is 5.74. The van der Waals surface area contributed by atoms with Crippen molar-refractivity contribution in [3.05, 3.63) is 17.3 Å². The third kappa shape index (κ3) is 2.00. The van der Waals surface area contributed by atoms with Gasteiger partial charge in [-0.1, -0.05) is 0 Å². The molecule has 5 nitrogen and oxygen atoms in total. The Labute approximate surface area is 111 Å². The number of aromatic nitrogens is 2. The number of nitrogens with zero attached hydrogens (tertiary/aromatic N) is 4. The van der Waals surface area contributed by atoms with Crippen LogP contribution in [0.5, 0.6) is 0 Å². The number of imidazole rings is 1. The standard InChI is InChI=1S/C12H19N5S/c1-15-4-6-16(7-5-15)11-10(2-3-13)17-8-9-18-12(17)14-11/h8-9H,2-7,13H2,1H3. The van der Waals surface area contributed by atoms with E-state index in [9.17, 15) is 0 Å². The Morgan fingerprint density at radius 3 is 2.83 bits per heavy atom. The summed E-state index contributed by atoms with van der Waals surface area (Å²) >= 11 is 1.69. The van der Waals surface area contributed by atoms with Crippen molar-refractivity contribution in [1.29, 1.82) is 0 Å². The molecule has 1 aliphatic rings. The van der Waals surface area contributed by atoms with Crippen LogP contribution in [0.3, 0.4) is 0 Å². The van der Waals surface area contributed by atoms with E-state index in [0.717, 1.165) is 43.4 Å². The molecule has 0 aliphatic carbocycles. The van der Waals surface area contributed by atoms with Gasteiger partial charge in [-0.25, -0.2) is 4.98 Å². The molecule has 1 saturated heterocycles. The lowest BCUT2D eigenvalue weighted by atomic mass is 10.2. The van der Waals surface area contributed by atoms with E-state index in [4.69, 9.17) is 10.7 Å². The van der Waals surface area contributed by atoms with Crippen LogP contribution in [-0.4, -0.2) is 54.1 Å². The molecule has 0 atom stereocenters. The van der Waals surface area contributed by atoms with Crippen molar-refractivity contribution in [3.63, 3.8) is 0 Å². The zero-order valence-corrected chi connectivity index (χ0v) is 11.5. The highest BCUT2D eigenvalue weighted by atomic mass is 32.1. The average molecular weight is 265 g/mol. The minimum Gasteiger partial charge on any atom is -0.352 e. The van der Waals surface area contributed by atoms with Crippen molar-refractivity contribution < 1.29 is 0 Å². The maximum Gasteiger partial charge on any atom is 0.195 e. The average Bonchev–Trinajstić information content (AvgIpc) is 2.93. The topological polar surface area (TPSA) is 49.8 Å². The molecule has 0 unspecified atom stereocenters. The number of piperazine rings is 1. The van der Waals surface area contributed by atoms with Crippen LogP contribution in [0.2, 0.25) is 0 Å². The van der Waals surface area contributed by atoms with Crippen LogP contribution in [0.1, 0.15) is 5.69 Å². The summed E-state index contributed by atoms with van der Waals surface area (Å²) in [6, 6.07) is 0. The van der Waals surface area contributed by atoms with Crippen LogP contribution in [0.4, 0.5) is 5.82 Å². The number of thiazole rings is 1. The van der Waals surface area contributed by atoms with Crippen LogP contribution in [-0.2, 0) is 6.42 Å². The van der Waals surface area contributed by atoms with E-state index < -0.39 is 0 Å². The Morgan fingerprint density at radius 2 is 2.11 bits per heavy atom. The van der Waals surface area contributed by atoms with Gasteiger partial charge < -0.3 is 15.5 Å². The fraction of sp³-hybridized carbons (Fsp3) is 0.583. The van der Waals surface area contributed by atoms with Crippen molar-refractivity contribution in [2.75, 3.05) is 44.7 Å². The first-order valence-corrected chi connectivity index (χ1v) is 7.25. The van der Waals surface area contributed by atoms with Gasteiger partial charge in [-0.2, -0.15) is 0 Å². The molecule has 0 radical (unpaired) electrons. The Kier molecular flexibility index (Phi) is 3.23. The first kappa shape index (κ1) is 12.0. The fourth-order valence-corrected chi connectivity index (χ4v) is 3.19. The number of hydrogen-bond acceptors (Lipinski definition) is 5. The lowest BCUT2D eigenvalue weighted by molar-refractivity contribution is 0.312. The molecule has 18 heavy (non-hydrogen) atoms. The molecule has 3 rings (SSSR count). The maximum atomic E-state index is 5.74. The van der Waals surface area contributed by atoms with E-state index in [1.807, 2.05) is 0 Å². The van der Waals surface area contributed by atoms with Gasteiger partial charge in [0.05, 0.1) is 5.69 Å². The van der Waals surface area contributed by atoms with E-state index >= 15 is 0 Å². The van der Waals surface area contributed by atoms with Crippen LogP contribution >= 0.6 is 11.3 Å². The van der Waals surface area contributed by atoms with Gasteiger partial charge in [0.1, 0.15) is 0 Å². The Bertz CT molecular complexity index is 524. The molecule has 0 bridgehead atoms. The third-order valence-electron chi connectivity index (χ3n) is 3.52. The highest BCUT2D eigenvalue weighted by Gasteiger charge is 2.21. The molecule has 3 heterocycles. The van der Waals surface area contributed by atoms with Gasteiger partial charge in [0.15, 0.2) is 10.8 Å². The summed E-state index contributed by atoms with van der Waals surface area (Å²) in [5, 5.41) is 2.08. The number of rotatable bonds is 3. The largest absolute Gasteiger partial charge is 0.352 e. The quantitative estimate of drug-likeness (QED) is 0.885. The summed E-state index contributed by atoms with van der Waals surface area (Å²) < 4.78 is 2.19. The minimum atomic E-state index is 0.671. The van der Waals surface area contributed by atoms with E-state index in [1.165, 1.54) is 5.69 Å². The van der Waals surface area contributed by atoms with Crippen LogP contribution in [0.25, 0.3) is 4.96 Å². The summed E-state index contributed by atoms with van der Waals surface area (Å²) in [5.41, 5.74) is 7.00. The fourth-order valence-electron chi connectivity index (χ4n) is 2.46. The van der Waals surface area contributed by atoms with Gasteiger partial charge in [0, 0.05) is 44.2 Å². The first-order valence-electron chi connectivity index (χ1n) is 6.37. The molecule has 6 heteroatoms. The second-order valence-corrected chi connectivity index (χ2v) is 5.64. The van der Waals surface area contributed by atoms with Gasteiger partial charge in [-0.3, -0.25) is 4.40 Å². The van der Waals surface area contributed by atoms with Crippen LogP contribution in [0.15, 0.2) is 11.6 Å². The zero-order valence-electron chi connectivity index (χ0n) is 10.7. The molecule has 2 N–H and O–H groups in total. The predicted molar refractivity (Wildman–Crippen MR) is 75.5 cm³/mol. The lowest BCUT2D eigenvalue weighted by Crippen LogP contribution is -2.45. The molecule has 0 spiro atoms. The highest BCUT2D eigenvalue weighted by molar-refractivity contribution is 7.15. The number of fused-ring (bicyclic) bond motifs is 1. The molecular weight excluding hydrogens is 246 g/mol. The zero-order chi connectivity index (χ0) is 12.5. The molecule has 1 aliphatic heterocycles. The number of anilines is 1. The van der Waals surface area contributed by atoms with Crippen molar-refractivity contribution in [3.8, 4) is 0 Å². The first-order chi connectivity index (χ1) is 8.79. The summed E-state index contributed by atoms with van der Waals surface area (Å²) in [7, 11) is 2.17. The lowest BCUT2D eigenvalue weighted by Gasteiger charge is -2.33. The summed E-state index contributed by atoms with van der Waals surface area (Å²) in [6.45, 7) is 4.99. The SMILES string of the molecule is CN1CCN(c2nc3sccn3c2CCN)CC1. The van der Waals surface area contributed by atoms with E-state index in [1.54, 1.807) is 11.3 Å². The normalized spacial score (nSPS) is 17.8. The van der Waals surface area contributed by atoms with Crippen molar-refractivity contribution in [1.82, 2.24) is 14.3 Å². The van der Waals surface area contributed by atoms with Crippen LogP contribution < -0.4 is 10.6 Å². The van der Waals surface area contributed by atoms with Gasteiger partial charge in [-0.05, 0) is 13.6 Å². The van der Waals surface area contributed by atoms with Gasteiger partial charge >= 0.3 is 0 Å². The monoisotopic (exact) mass is 265 g/mol. The molecular formula is C12H19N5S. The number of hydrogen-bond donors (Lipinski definition) is 1. The molecule has 0 aromatic carbocycles. The Morgan fingerprint density at radius 1 is 1.33 bits per heavy atom.